The fourth-order valence-corrected chi connectivity index (χ4v) is 1.44. The number of pyridine rings is 1. The van der Waals surface area contributed by atoms with Gasteiger partial charge in [0, 0.05) is 25.4 Å². The van der Waals surface area contributed by atoms with Crippen LogP contribution in [0.5, 0.6) is 0 Å². The van der Waals surface area contributed by atoms with Gasteiger partial charge in [0.05, 0.1) is 5.92 Å². The number of aromatic nitrogens is 1. The number of hydrogen-bond donors (Lipinski definition) is 2. The van der Waals surface area contributed by atoms with Crippen LogP contribution in [0.3, 0.4) is 0 Å². The molecule has 18 heavy (non-hydrogen) atoms. The minimum absolute atomic E-state index is 0.0589. The molecule has 0 spiro atoms. The zero-order valence-corrected chi connectivity index (χ0v) is 10.4. The summed E-state index contributed by atoms with van der Waals surface area (Å²) >= 11 is 0. The molecule has 5 nitrogen and oxygen atoms in total. The van der Waals surface area contributed by atoms with Crippen LogP contribution < -0.4 is 5.32 Å². The molecule has 1 unspecified atom stereocenters. The van der Waals surface area contributed by atoms with E-state index in [1.165, 1.54) is 0 Å². The van der Waals surface area contributed by atoms with Gasteiger partial charge in [0.15, 0.2) is 0 Å². The third kappa shape index (κ3) is 5.43. The summed E-state index contributed by atoms with van der Waals surface area (Å²) in [5, 5.41) is 11.4. The van der Waals surface area contributed by atoms with Crippen molar-refractivity contribution in [2.75, 3.05) is 6.54 Å². The van der Waals surface area contributed by atoms with Crippen molar-refractivity contribution < 1.29 is 14.7 Å². The average molecular weight is 250 g/mol. The summed E-state index contributed by atoms with van der Waals surface area (Å²) in [7, 11) is 0. The Morgan fingerprint density at radius 3 is 2.89 bits per heavy atom. The molecule has 0 aromatic carbocycles. The number of hydrogen-bond acceptors (Lipinski definition) is 3. The monoisotopic (exact) mass is 250 g/mol. The van der Waals surface area contributed by atoms with Gasteiger partial charge in [-0.15, -0.1) is 0 Å². The third-order valence-electron chi connectivity index (χ3n) is 2.68. The third-order valence-corrected chi connectivity index (χ3v) is 2.68. The molecular weight excluding hydrogens is 232 g/mol. The average Bonchev–Trinajstić information content (AvgIpc) is 2.37. The Morgan fingerprint density at radius 2 is 2.28 bits per heavy atom. The van der Waals surface area contributed by atoms with Crippen molar-refractivity contribution >= 4 is 11.9 Å². The van der Waals surface area contributed by atoms with Crippen molar-refractivity contribution in [3.63, 3.8) is 0 Å². The van der Waals surface area contributed by atoms with E-state index >= 15 is 0 Å². The Bertz CT molecular complexity index is 392. The molecule has 2 N–H and O–H groups in total. The summed E-state index contributed by atoms with van der Waals surface area (Å²) < 4.78 is 0. The molecule has 0 aliphatic heterocycles. The van der Waals surface area contributed by atoms with Gasteiger partial charge in [0.25, 0.3) is 0 Å². The van der Waals surface area contributed by atoms with E-state index in [9.17, 15) is 9.59 Å². The van der Waals surface area contributed by atoms with Crippen molar-refractivity contribution in [3.8, 4) is 0 Å². The van der Waals surface area contributed by atoms with Crippen molar-refractivity contribution in [3.05, 3.63) is 30.1 Å². The predicted octanol–water partition coefficient (Wildman–Crippen LogP) is 1.24. The molecule has 1 amide bonds. The minimum Gasteiger partial charge on any atom is -0.481 e. The molecule has 1 atom stereocenters. The molecule has 1 aromatic heterocycles. The van der Waals surface area contributed by atoms with Gasteiger partial charge in [-0.25, -0.2) is 0 Å². The van der Waals surface area contributed by atoms with Gasteiger partial charge >= 0.3 is 5.97 Å². The smallest absolute Gasteiger partial charge is 0.306 e. The van der Waals surface area contributed by atoms with Gasteiger partial charge in [0.2, 0.25) is 5.91 Å². The number of nitrogens with one attached hydrogen (secondary N) is 1. The molecule has 5 heteroatoms. The minimum atomic E-state index is -0.834. The van der Waals surface area contributed by atoms with Crippen LogP contribution >= 0.6 is 0 Å². The Labute approximate surface area is 106 Å². The fraction of sp³-hybridized carbons (Fsp3) is 0.462. The summed E-state index contributed by atoms with van der Waals surface area (Å²) in [6, 6.07) is 3.76. The highest BCUT2D eigenvalue weighted by Crippen LogP contribution is 2.02. The number of aliphatic carboxylic acids is 1. The first kappa shape index (κ1) is 14.2. The lowest BCUT2D eigenvalue weighted by Crippen LogP contribution is -2.27. The zero-order valence-electron chi connectivity index (χ0n) is 10.4. The molecule has 98 valence electrons. The van der Waals surface area contributed by atoms with Crippen LogP contribution in [0.25, 0.3) is 0 Å². The standard InChI is InChI=1S/C13H18N2O3/c1-10(13(17)18)6-8-15-12(16)5-4-11-3-2-7-14-9-11/h2-3,7,9-10H,4-6,8H2,1H3,(H,15,16)(H,17,18). The summed E-state index contributed by atoms with van der Waals surface area (Å²) in [5.41, 5.74) is 1.02. The SMILES string of the molecule is CC(CCNC(=O)CCc1cccnc1)C(=O)O. The molecular formula is C13H18N2O3. The van der Waals surface area contributed by atoms with Crippen molar-refractivity contribution in [2.45, 2.75) is 26.2 Å². The van der Waals surface area contributed by atoms with Gasteiger partial charge in [-0.2, -0.15) is 0 Å². The van der Waals surface area contributed by atoms with E-state index in [0.29, 0.717) is 25.8 Å². The lowest BCUT2D eigenvalue weighted by Gasteiger charge is -2.07. The molecule has 0 radical (unpaired) electrons. The largest absolute Gasteiger partial charge is 0.481 e. The number of carbonyl (C=O) groups excluding carboxylic acids is 1. The van der Waals surface area contributed by atoms with Crippen LogP contribution in [0.4, 0.5) is 0 Å². The lowest BCUT2D eigenvalue weighted by molar-refractivity contribution is -0.141. The number of rotatable bonds is 7. The lowest BCUT2D eigenvalue weighted by atomic mass is 10.1. The fourth-order valence-electron chi connectivity index (χ4n) is 1.44. The van der Waals surface area contributed by atoms with E-state index in [1.54, 1.807) is 19.3 Å². The first-order chi connectivity index (χ1) is 8.59. The van der Waals surface area contributed by atoms with Gasteiger partial charge < -0.3 is 10.4 Å². The van der Waals surface area contributed by atoms with Crippen molar-refractivity contribution in [2.24, 2.45) is 5.92 Å². The molecule has 0 aliphatic carbocycles. The number of carbonyl (C=O) groups is 2. The van der Waals surface area contributed by atoms with E-state index in [-0.39, 0.29) is 5.91 Å². The molecule has 0 saturated carbocycles. The second-order valence-electron chi connectivity index (χ2n) is 4.24. The first-order valence-electron chi connectivity index (χ1n) is 5.98. The summed E-state index contributed by atoms with van der Waals surface area (Å²) in [6.45, 7) is 2.03. The number of nitrogens with zero attached hydrogens (tertiary/aromatic N) is 1. The highest BCUT2D eigenvalue weighted by Gasteiger charge is 2.10. The molecule has 1 heterocycles. The van der Waals surface area contributed by atoms with E-state index in [0.717, 1.165) is 5.56 Å². The molecule has 0 fully saturated rings. The highest BCUT2D eigenvalue weighted by molar-refractivity contribution is 5.76. The first-order valence-corrected chi connectivity index (χ1v) is 5.98. The van der Waals surface area contributed by atoms with E-state index in [2.05, 4.69) is 10.3 Å². The van der Waals surface area contributed by atoms with Crippen LogP contribution in [0.2, 0.25) is 0 Å². The topological polar surface area (TPSA) is 79.3 Å². The Hall–Kier alpha value is -1.91. The Morgan fingerprint density at radius 1 is 1.50 bits per heavy atom. The second-order valence-corrected chi connectivity index (χ2v) is 4.24. The number of carboxylic acid groups (broad SMARTS) is 1. The maximum absolute atomic E-state index is 11.5. The summed E-state index contributed by atoms with van der Waals surface area (Å²) in [5.74, 6) is -1.32. The zero-order chi connectivity index (χ0) is 13.4. The predicted molar refractivity (Wildman–Crippen MR) is 67.0 cm³/mol. The van der Waals surface area contributed by atoms with Gasteiger partial charge in [0.1, 0.15) is 0 Å². The van der Waals surface area contributed by atoms with Crippen molar-refractivity contribution in [1.29, 1.82) is 0 Å². The van der Waals surface area contributed by atoms with Crippen LogP contribution in [0.15, 0.2) is 24.5 Å². The second kappa shape index (κ2) is 7.42. The molecule has 0 saturated heterocycles. The number of aryl methyl sites for hydroxylation is 1. The number of amides is 1. The van der Waals surface area contributed by atoms with Crippen LogP contribution in [0, 0.1) is 5.92 Å². The van der Waals surface area contributed by atoms with Crippen molar-refractivity contribution in [1.82, 2.24) is 10.3 Å². The maximum atomic E-state index is 11.5. The van der Waals surface area contributed by atoms with E-state index in [4.69, 9.17) is 5.11 Å². The quantitative estimate of drug-likeness (QED) is 0.763. The van der Waals surface area contributed by atoms with Crippen LogP contribution in [-0.4, -0.2) is 28.5 Å². The van der Waals surface area contributed by atoms with E-state index in [1.807, 2.05) is 12.1 Å². The molecule has 0 aliphatic rings. The van der Waals surface area contributed by atoms with E-state index < -0.39 is 11.9 Å². The number of carboxylic acids is 1. The Kier molecular flexibility index (Phi) is 5.84. The molecule has 0 bridgehead atoms. The molecule has 1 aromatic rings. The van der Waals surface area contributed by atoms with Gasteiger partial charge in [-0.05, 0) is 24.5 Å². The molecule has 1 rings (SSSR count). The summed E-state index contributed by atoms with van der Waals surface area (Å²) in [6.07, 6.45) is 4.92. The van der Waals surface area contributed by atoms with Crippen LogP contribution in [-0.2, 0) is 16.0 Å². The highest BCUT2D eigenvalue weighted by atomic mass is 16.4. The van der Waals surface area contributed by atoms with Crippen LogP contribution in [0.1, 0.15) is 25.3 Å². The van der Waals surface area contributed by atoms with Gasteiger partial charge in [-0.1, -0.05) is 13.0 Å². The maximum Gasteiger partial charge on any atom is 0.306 e. The summed E-state index contributed by atoms with van der Waals surface area (Å²) in [4.78, 5) is 26.0. The van der Waals surface area contributed by atoms with Gasteiger partial charge in [-0.3, -0.25) is 14.6 Å². The Balaban J connectivity index is 2.17. The normalized spacial score (nSPS) is 11.8.